The van der Waals surface area contributed by atoms with E-state index in [1.54, 1.807) is 0 Å². The zero-order valence-corrected chi connectivity index (χ0v) is 17.3. The Balaban J connectivity index is 0.00000225. The molecule has 1 aliphatic heterocycles. The van der Waals surface area contributed by atoms with Crippen molar-refractivity contribution < 1.29 is 9.32 Å². The quantitative estimate of drug-likeness (QED) is 0.825. The Morgan fingerprint density at radius 3 is 2.68 bits per heavy atom. The lowest BCUT2D eigenvalue weighted by molar-refractivity contribution is -0.130. The van der Waals surface area contributed by atoms with Crippen molar-refractivity contribution in [2.24, 2.45) is 17.6 Å². The first-order chi connectivity index (χ1) is 13.0. The van der Waals surface area contributed by atoms with Gasteiger partial charge in [-0.25, -0.2) is 0 Å². The Morgan fingerprint density at radius 1 is 1.25 bits per heavy atom. The summed E-state index contributed by atoms with van der Waals surface area (Å²) in [6.45, 7) is 6.00. The van der Waals surface area contributed by atoms with E-state index in [-0.39, 0.29) is 24.4 Å². The number of amides is 1. The van der Waals surface area contributed by atoms with E-state index in [0.29, 0.717) is 42.3 Å². The first kappa shape index (κ1) is 20.8. The van der Waals surface area contributed by atoms with E-state index in [0.717, 1.165) is 31.5 Å². The van der Waals surface area contributed by atoms with Crippen molar-refractivity contribution in [1.29, 1.82) is 0 Å². The zero-order chi connectivity index (χ0) is 19.0. The van der Waals surface area contributed by atoms with Gasteiger partial charge in [0.05, 0.1) is 0 Å². The molecule has 28 heavy (non-hydrogen) atoms. The number of halogens is 1. The largest absolute Gasteiger partial charge is 0.342 e. The van der Waals surface area contributed by atoms with Gasteiger partial charge in [-0.1, -0.05) is 43.3 Å². The lowest BCUT2D eigenvalue weighted by Gasteiger charge is -2.18. The monoisotopic (exact) mass is 404 g/mol. The maximum Gasteiger partial charge on any atom is 0.227 e. The second kappa shape index (κ2) is 8.62. The van der Waals surface area contributed by atoms with Gasteiger partial charge >= 0.3 is 0 Å². The molecule has 152 valence electrons. The maximum absolute atomic E-state index is 12.5. The fourth-order valence-electron chi connectivity index (χ4n) is 4.37. The molecule has 4 rings (SSSR count). The number of fused-ring (bicyclic) bond motifs is 1. The molecule has 2 heterocycles. The number of likely N-dealkylation sites (tertiary alicyclic amines) is 1. The van der Waals surface area contributed by atoms with Gasteiger partial charge in [0, 0.05) is 37.5 Å². The SMILES string of the molecule is CC(C)c1ccc(-c2noc(CCC(=O)N3CC4CCC(N)C4C3)n2)cc1.Cl. The topological polar surface area (TPSA) is 85.2 Å². The smallest absolute Gasteiger partial charge is 0.227 e. The van der Waals surface area contributed by atoms with Gasteiger partial charge in [-0.2, -0.15) is 4.98 Å². The molecule has 1 aromatic heterocycles. The predicted octanol–water partition coefficient (Wildman–Crippen LogP) is 3.41. The summed E-state index contributed by atoms with van der Waals surface area (Å²) in [5.74, 6) is 2.82. The van der Waals surface area contributed by atoms with E-state index in [1.165, 1.54) is 5.56 Å². The minimum absolute atomic E-state index is 0. The van der Waals surface area contributed by atoms with Crippen molar-refractivity contribution in [3.63, 3.8) is 0 Å². The number of aryl methyl sites for hydroxylation is 1. The lowest BCUT2D eigenvalue weighted by atomic mass is 9.98. The van der Waals surface area contributed by atoms with E-state index < -0.39 is 0 Å². The summed E-state index contributed by atoms with van der Waals surface area (Å²) >= 11 is 0. The van der Waals surface area contributed by atoms with Gasteiger partial charge < -0.3 is 15.2 Å². The third kappa shape index (κ3) is 4.23. The predicted molar refractivity (Wildman–Crippen MR) is 110 cm³/mol. The van der Waals surface area contributed by atoms with Crippen LogP contribution in [0.15, 0.2) is 28.8 Å². The summed E-state index contributed by atoms with van der Waals surface area (Å²) in [6, 6.07) is 8.47. The molecule has 2 aliphatic rings. The highest BCUT2D eigenvalue weighted by atomic mass is 35.5. The first-order valence-electron chi connectivity index (χ1n) is 9.97. The highest BCUT2D eigenvalue weighted by Gasteiger charge is 2.42. The molecular formula is C21H29ClN4O2. The van der Waals surface area contributed by atoms with Crippen LogP contribution >= 0.6 is 12.4 Å². The fourth-order valence-corrected chi connectivity index (χ4v) is 4.37. The summed E-state index contributed by atoms with van der Waals surface area (Å²) in [6.07, 6.45) is 3.13. The minimum atomic E-state index is 0. The molecule has 0 radical (unpaired) electrons. The average molecular weight is 405 g/mol. The molecule has 2 fully saturated rings. The normalized spacial score (nSPS) is 23.7. The first-order valence-corrected chi connectivity index (χ1v) is 9.97. The van der Waals surface area contributed by atoms with Crippen LogP contribution in [0.25, 0.3) is 11.4 Å². The number of carbonyl (C=O) groups is 1. The van der Waals surface area contributed by atoms with E-state index in [9.17, 15) is 4.79 Å². The summed E-state index contributed by atoms with van der Waals surface area (Å²) in [4.78, 5) is 19.0. The molecule has 1 saturated heterocycles. The molecule has 0 spiro atoms. The highest BCUT2D eigenvalue weighted by molar-refractivity contribution is 5.85. The van der Waals surface area contributed by atoms with Gasteiger partial charge in [-0.3, -0.25) is 4.79 Å². The Bertz CT molecular complexity index is 805. The van der Waals surface area contributed by atoms with Crippen molar-refractivity contribution >= 4 is 18.3 Å². The number of nitrogens with zero attached hydrogens (tertiary/aromatic N) is 3. The molecule has 1 amide bonds. The van der Waals surface area contributed by atoms with Crippen molar-refractivity contribution in [3.05, 3.63) is 35.7 Å². The van der Waals surface area contributed by atoms with E-state index in [2.05, 4.69) is 36.1 Å². The molecular weight excluding hydrogens is 376 g/mol. The third-order valence-corrected chi connectivity index (χ3v) is 6.12. The Morgan fingerprint density at radius 2 is 2.00 bits per heavy atom. The standard InChI is InChI=1S/C21H28N4O2.ClH/c1-13(2)14-3-5-15(6-4-14)21-23-19(27-24-21)9-10-20(26)25-11-16-7-8-18(22)17(16)12-25;/h3-6,13,16-18H,7-12,22H2,1-2H3;1H. The summed E-state index contributed by atoms with van der Waals surface area (Å²) in [5.41, 5.74) is 8.37. The van der Waals surface area contributed by atoms with E-state index >= 15 is 0 Å². The van der Waals surface area contributed by atoms with E-state index in [1.807, 2.05) is 17.0 Å². The Kier molecular flexibility index (Phi) is 6.40. The molecule has 2 aromatic rings. The molecule has 3 atom stereocenters. The highest BCUT2D eigenvalue weighted by Crippen LogP contribution is 2.37. The number of hydrogen-bond acceptors (Lipinski definition) is 5. The number of aromatic nitrogens is 2. The van der Waals surface area contributed by atoms with Gasteiger partial charge in [-0.15, -0.1) is 12.4 Å². The number of benzene rings is 1. The average Bonchev–Trinajstić information content (AvgIpc) is 3.37. The van der Waals surface area contributed by atoms with Gasteiger partial charge in [0.15, 0.2) is 0 Å². The lowest BCUT2D eigenvalue weighted by Crippen LogP contribution is -2.33. The van der Waals surface area contributed by atoms with Crippen LogP contribution in [0.3, 0.4) is 0 Å². The van der Waals surface area contributed by atoms with Crippen LogP contribution in [0.4, 0.5) is 0 Å². The molecule has 1 aliphatic carbocycles. The zero-order valence-electron chi connectivity index (χ0n) is 16.5. The van der Waals surface area contributed by atoms with Crippen LogP contribution in [0.5, 0.6) is 0 Å². The van der Waals surface area contributed by atoms with Crippen LogP contribution in [0.1, 0.15) is 50.5 Å². The van der Waals surface area contributed by atoms with Crippen LogP contribution in [0, 0.1) is 11.8 Å². The Hall–Kier alpha value is -1.92. The number of carbonyl (C=O) groups excluding carboxylic acids is 1. The second-order valence-corrected chi connectivity index (χ2v) is 8.25. The molecule has 1 saturated carbocycles. The van der Waals surface area contributed by atoms with Gasteiger partial charge in [0.1, 0.15) is 0 Å². The second-order valence-electron chi connectivity index (χ2n) is 8.25. The van der Waals surface area contributed by atoms with Crippen LogP contribution in [0.2, 0.25) is 0 Å². The summed E-state index contributed by atoms with van der Waals surface area (Å²) in [5, 5.41) is 4.07. The Labute approximate surface area is 172 Å². The number of nitrogens with two attached hydrogens (primary N) is 1. The molecule has 0 bridgehead atoms. The summed E-state index contributed by atoms with van der Waals surface area (Å²) in [7, 11) is 0. The molecule has 3 unspecified atom stereocenters. The van der Waals surface area contributed by atoms with Gasteiger partial charge in [0.25, 0.3) is 0 Å². The molecule has 2 N–H and O–H groups in total. The third-order valence-electron chi connectivity index (χ3n) is 6.12. The number of hydrogen-bond donors (Lipinski definition) is 1. The van der Waals surface area contributed by atoms with Crippen LogP contribution in [-0.2, 0) is 11.2 Å². The van der Waals surface area contributed by atoms with E-state index in [4.69, 9.17) is 10.3 Å². The van der Waals surface area contributed by atoms with Crippen LogP contribution in [-0.4, -0.2) is 40.1 Å². The van der Waals surface area contributed by atoms with Crippen molar-refractivity contribution in [3.8, 4) is 11.4 Å². The maximum atomic E-state index is 12.5. The number of rotatable bonds is 5. The van der Waals surface area contributed by atoms with Crippen molar-refractivity contribution in [1.82, 2.24) is 15.0 Å². The summed E-state index contributed by atoms with van der Waals surface area (Å²) < 4.78 is 5.35. The fraction of sp³-hybridized carbons (Fsp3) is 0.571. The minimum Gasteiger partial charge on any atom is -0.342 e. The van der Waals surface area contributed by atoms with Crippen molar-refractivity contribution in [2.45, 2.75) is 51.5 Å². The van der Waals surface area contributed by atoms with Gasteiger partial charge in [0.2, 0.25) is 17.6 Å². The molecule has 1 aromatic carbocycles. The van der Waals surface area contributed by atoms with Crippen molar-refractivity contribution in [2.75, 3.05) is 13.1 Å². The van der Waals surface area contributed by atoms with Crippen LogP contribution < -0.4 is 5.73 Å². The molecule has 6 nitrogen and oxygen atoms in total. The van der Waals surface area contributed by atoms with Gasteiger partial charge in [-0.05, 0) is 36.2 Å². The molecule has 7 heteroatoms.